The molecule has 18 heavy (non-hydrogen) atoms. The molecule has 0 radical (unpaired) electrons. The number of aryl methyl sites for hydroxylation is 2. The molecule has 4 heteroatoms. The van der Waals surface area contributed by atoms with Crippen LogP contribution >= 0.6 is 0 Å². The van der Waals surface area contributed by atoms with Crippen LogP contribution in [0.25, 0.3) is 5.69 Å². The smallest absolute Gasteiger partial charge is 0.271 e. The van der Waals surface area contributed by atoms with E-state index < -0.39 is 0 Å². The van der Waals surface area contributed by atoms with Crippen molar-refractivity contribution in [3.8, 4) is 11.6 Å². The molecule has 0 aliphatic carbocycles. The second kappa shape index (κ2) is 5.04. The van der Waals surface area contributed by atoms with E-state index in [1.165, 1.54) is 22.4 Å². The Labute approximate surface area is 106 Å². The Morgan fingerprint density at radius 1 is 1.17 bits per heavy atom. The highest BCUT2D eigenvalue weighted by atomic mass is 16.3. The van der Waals surface area contributed by atoms with Crippen LogP contribution in [0.4, 0.5) is 0 Å². The number of rotatable bonds is 3. The lowest BCUT2D eigenvalue weighted by Gasteiger charge is -2.11. The molecule has 1 aromatic carbocycles. The summed E-state index contributed by atoms with van der Waals surface area (Å²) in [6.45, 7) is 4.12. The fourth-order valence-electron chi connectivity index (χ4n) is 1.92. The van der Waals surface area contributed by atoms with Crippen LogP contribution in [0, 0.1) is 0 Å². The third kappa shape index (κ3) is 2.27. The first-order valence-electron chi connectivity index (χ1n) is 6.07. The maximum absolute atomic E-state index is 11.8. The SMILES string of the molecule is CCc1ccc(-n2nc(O)ccc2=O)c(CC)c1. The summed E-state index contributed by atoms with van der Waals surface area (Å²) in [6.07, 6.45) is 1.77. The van der Waals surface area contributed by atoms with E-state index in [4.69, 9.17) is 0 Å². The molecule has 2 aromatic rings. The summed E-state index contributed by atoms with van der Waals surface area (Å²) in [6, 6.07) is 8.55. The van der Waals surface area contributed by atoms with Gasteiger partial charge in [-0.15, -0.1) is 5.10 Å². The first kappa shape index (κ1) is 12.4. The van der Waals surface area contributed by atoms with Crippen LogP contribution in [0.15, 0.2) is 35.1 Å². The lowest BCUT2D eigenvalue weighted by molar-refractivity contribution is 0.436. The van der Waals surface area contributed by atoms with Crippen LogP contribution in [0.2, 0.25) is 0 Å². The quantitative estimate of drug-likeness (QED) is 0.899. The van der Waals surface area contributed by atoms with Crippen LogP contribution in [0.3, 0.4) is 0 Å². The molecule has 1 aromatic heterocycles. The van der Waals surface area contributed by atoms with E-state index in [2.05, 4.69) is 18.1 Å². The Bertz CT molecular complexity index is 617. The zero-order valence-corrected chi connectivity index (χ0v) is 10.6. The van der Waals surface area contributed by atoms with Crippen LogP contribution in [-0.2, 0) is 12.8 Å². The van der Waals surface area contributed by atoms with Gasteiger partial charge in [-0.25, -0.2) is 0 Å². The Morgan fingerprint density at radius 3 is 2.61 bits per heavy atom. The molecule has 0 saturated heterocycles. The maximum Gasteiger partial charge on any atom is 0.271 e. The van der Waals surface area contributed by atoms with Gasteiger partial charge < -0.3 is 5.11 Å². The van der Waals surface area contributed by atoms with E-state index in [1.807, 2.05) is 19.1 Å². The lowest BCUT2D eigenvalue weighted by atomic mass is 10.0. The molecule has 0 amide bonds. The maximum atomic E-state index is 11.8. The second-order valence-corrected chi connectivity index (χ2v) is 4.11. The number of aromatic nitrogens is 2. The third-order valence-corrected chi connectivity index (χ3v) is 2.95. The molecular formula is C14H16N2O2. The van der Waals surface area contributed by atoms with Crippen molar-refractivity contribution < 1.29 is 5.11 Å². The highest BCUT2D eigenvalue weighted by Gasteiger charge is 2.08. The number of nitrogens with zero attached hydrogens (tertiary/aromatic N) is 2. The normalized spacial score (nSPS) is 10.6. The van der Waals surface area contributed by atoms with Crippen molar-refractivity contribution in [2.75, 3.05) is 0 Å². The topological polar surface area (TPSA) is 55.1 Å². The molecule has 0 saturated carbocycles. The third-order valence-electron chi connectivity index (χ3n) is 2.95. The summed E-state index contributed by atoms with van der Waals surface area (Å²) in [4.78, 5) is 11.8. The van der Waals surface area contributed by atoms with Gasteiger partial charge in [-0.2, -0.15) is 4.68 Å². The molecule has 94 valence electrons. The van der Waals surface area contributed by atoms with Crippen molar-refractivity contribution in [3.05, 3.63) is 51.8 Å². The van der Waals surface area contributed by atoms with Gasteiger partial charge in [0.1, 0.15) is 0 Å². The molecule has 1 heterocycles. The van der Waals surface area contributed by atoms with Crippen LogP contribution in [0.1, 0.15) is 25.0 Å². The van der Waals surface area contributed by atoms with E-state index in [9.17, 15) is 9.90 Å². The van der Waals surface area contributed by atoms with E-state index in [0.29, 0.717) is 0 Å². The Balaban J connectivity index is 2.63. The summed E-state index contributed by atoms with van der Waals surface area (Å²) in [7, 11) is 0. The predicted molar refractivity (Wildman–Crippen MR) is 70.3 cm³/mol. The molecule has 0 bridgehead atoms. The van der Waals surface area contributed by atoms with Crippen molar-refractivity contribution in [1.82, 2.24) is 9.78 Å². The van der Waals surface area contributed by atoms with Crippen molar-refractivity contribution in [3.63, 3.8) is 0 Å². The van der Waals surface area contributed by atoms with E-state index >= 15 is 0 Å². The number of aromatic hydroxyl groups is 1. The largest absolute Gasteiger partial charge is 0.492 e. The van der Waals surface area contributed by atoms with Crippen molar-refractivity contribution >= 4 is 0 Å². The summed E-state index contributed by atoms with van der Waals surface area (Å²) >= 11 is 0. The van der Waals surface area contributed by atoms with Crippen LogP contribution in [-0.4, -0.2) is 14.9 Å². The predicted octanol–water partition coefficient (Wildman–Crippen LogP) is 2.06. The minimum Gasteiger partial charge on any atom is -0.492 e. The average Bonchev–Trinajstić information content (AvgIpc) is 2.41. The molecule has 0 unspecified atom stereocenters. The molecular weight excluding hydrogens is 228 g/mol. The summed E-state index contributed by atoms with van der Waals surface area (Å²) < 4.78 is 1.24. The van der Waals surface area contributed by atoms with Gasteiger partial charge in [-0.3, -0.25) is 4.79 Å². The highest BCUT2D eigenvalue weighted by Crippen LogP contribution is 2.16. The van der Waals surface area contributed by atoms with Gasteiger partial charge >= 0.3 is 0 Å². The highest BCUT2D eigenvalue weighted by molar-refractivity contribution is 5.43. The average molecular weight is 244 g/mol. The fraction of sp³-hybridized carbons (Fsp3) is 0.286. The monoisotopic (exact) mass is 244 g/mol. The minimum absolute atomic E-state index is 0.156. The zero-order valence-electron chi connectivity index (χ0n) is 10.6. The Kier molecular flexibility index (Phi) is 3.46. The van der Waals surface area contributed by atoms with E-state index in [1.54, 1.807) is 0 Å². The fourth-order valence-corrected chi connectivity index (χ4v) is 1.92. The number of hydrogen-bond acceptors (Lipinski definition) is 3. The van der Waals surface area contributed by atoms with E-state index in [-0.39, 0.29) is 11.4 Å². The molecule has 0 atom stereocenters. The summed E-state index contributed by atoms with van der Waals surface area (Å²) in [5.74, 6) is -0.156. The lowest BCUT2D eigenvalue weighted by Crippen LogP contribution is -2.20. The molecule has 1 N–H and O–H groups in total. The van der Waals surface area contributed by atoms with Crippen LogP contribution in [0.5, 0.6) is 5.88 Å². The first-order valence-corrected chi connectivity index (χ1v) is 6.07. The van der Waals surface area contributed by atoms with Gasteiger partial charge in [0.25, 0.3) is 5.56 Å². The molecule has 0 aliphatic heterocycles. The van der Waals surface area contributed by atoms with Crippen molar-refractivity contribution in [2.45, 2.75) is 26.7 Å². The van der Waals surface area contributed by atoms with Gasteiger partial charge in [-0.05, 0) is 30.0 Å². The van der Waals surface area contributed by atoms with Gasteiger partial charge in [0.05, 0.1) is 5.69 Å². The first-order chi connectivity index (χ1) is 8.65. The van der Waals surface area contributed by atoms with E-state index in [0.717, 1.165) is 24.1 Å². The van der Waals surface area contributed by atoms with Gasteiger partial charge in [0, 0.05) is 12.1 Å². The van der Waals surface area contributed by atoms with Gasteiger partial charge in [0.2, 0.25) is 5.88 Å². The van der Waals surface area contributed by atoms with Crippen LogP contribution < -0.4 is 5.56 Å². The molecule has 0 aliphatic rings. The summed E-state index contributed by atoms with van der Waals surface area (Å²) in [5.41, 5.74) is 2.76. The standard InChI is InChI=1S/C14H16N2O2/c1-3-10-5-6-12(11(4-2)9-10)16-14(18)8-7-13(17)15-16/h5-9H,3-4H2,1-2H3,(H,15,17). The minimum atomic E-state index is -0.244. The van der Waals surface area contributed by atoms with Crippen molar-refractivity contribution in [2.24, 2.45) is 0 Å². The molecule has 2 rings (SSSR count). The molecule has 0 fully saturated rings. The second-order valence-electron chi connectivity index (χ2n) is 4.11. The molecule has 4 nitrogen and oxygen atoms in total. The van der Waals surface area contributed by atoms with Gasteiger partial charge in [0.15, 0.2) is 0 Å². The Hall–Kier alpha value is -2.10. The number of benzene rings is 1. The molecule has 0 spiro atoms. The number of hydrogen-bond donors (Lipinski definition) is 1. The summed E-state index contributed by atoms with van der Waals surface area (Å²) in [5, 5.41) is 13.3. The van der Waals surface area contributed by atoms with Gasteiger partial charge in [-0.1, -0.05) is 26.0 Å². The van der Waals surface area contributed by atoms with Crippen molar-refractivity contribution in [1.29, 1.82) is 0 Å². The zero-order chi connectivity index (χ0) is 13.1. The Morgan fingerprint density at radius 2 is 1.94 bits per heavy atom.